The summed E-state index contributed by atoms with van der Waals surface area (Å²) in [6, 6.07) is 3.80. The Bertz CT molecular complexity index is 614. The molecule has 1 atom stereocenters. The molecule has 0 aliphatic heterocycles. The first-order valence-electron chi connectivity index (χ1n) is 7.79. The van der Waals surface area contributed by atoms with Crippen LogP contribution in [0.25, 0.3) is 6.08 Å². The average molecular weight is 336 g/mol. The van der Waals surface area contributed by atoms with E-state index in [1.165, 1.54) is 24.3 Å². The molecule has 3 N–H and O–H groups in total. The van der Waals surface area contributed by atoms with Gasteiger partial charge in [-0.05, 0) is 30.0 Å². The van der Waals surface area contributed by atoms with Crippen molar-refractivity contribution in [3.8, 4) is 0 Å². The fourth-order valence-corrected chi connectivity index (χ4v) is 2.02. The normalized spacial score (nSPS) is 12.4. The first kappa shape index (κ1) is 19.8. The molecule has 0 aliphatic rings. The summed E-state index contributed by atoms with van der Waals surface area (Å²) in [5, 5.41) is 14.5. The number of hydrogen-bond acceptors (Lipinski definition) is 3. The molecule has 1 aromatic rings. The minimum absolute atomic E-state index is 0.0630. The minimum Gasteiger partial charge on any atom is -0.396 e. The van der Waals surface area contributed by atoms with Gasteiger partial charge < -0.3 is 15.7 Å². The van der Waals surface area contributed by atoms with Crippen LogP contribution < -0.4 is 10.6 Å². The molecule has 2 amide bonds. The van der Waals surface area contributed by atoms with Gasteiger partial charge in [-0.1, -0.05) is 32.6 Å². The molecule has 0 bridgehead atoms. The molecule has 24 heavy (non-hydrogen) atoms. The Hall–Kier alpha value is -2.21. The maximum absolute atomic E-state index is 13.8. The third kappa shape index (κ3) is 6.12. The molecule has 0 aromatic heterocycles. The van der Waals surface area contributed by atoms with E-state index in [1.54, 1.807) is 20.8 Å². The van der Waals surface area contributed by atoms with Crippen molar-refractivity contribution in [1.82, 2.24) is 10.6 Å². The van der Waals surface area contributed by atoms with Crippen molar-refractivity contribution in [3.05, 3.63) is 41.7 Å². The predicted molar refractivity (Wildman–Crippen MR) is 91.9 cm³/mol. The quantitative estimate of drug-likeness (QED) is 0.680. The highest BCUT2D eigenvalue weighted by Crippen LogP contribution is 2.18. The molecule has 0 saturated carbocycles. The van der Waals surface area contributed by atoms with E-state index >= 15 is 0 Å². The Morgan fingerprint density at radius 3 is 2.67 bits per heavy atom. The topological polar surface area (TPSA) is 78.4 Å². The van der Waals surface area contributed by atoms with Crippen LogP contribution in [0.15, 0.2) is 24.8 Å². The van der Waals surface area contributed by atoms with Crippen molar-refractivity contribution in [2.75, 3.05) is 13.2 Å². The van der Waals surface area contributed by atoms with Gasteiger partial charge in [0.2, 0.25) is 5.91 Å². The highest BCUT2D eigenvalue weighted by Gasteiger charge is 2.21. The van der Waals surface area contributed by atoms with Gasteiger partial charge in [0, 0.05) is 25.6 Å². The molecule has 0 heterocycles. The van der Waals surface area contributed by atoms with Crippen LogP contribution >= 0.6 is 0 Å². The summed E-state index contributed by atoms with van der Waals surface area (Å²) in [5.41, 5.74) is 0.0888. The molecule has 0 saturated heterocycles. The van der Waals surface area contributed by atoms with Gasteiger partial charge in [-0.3, -0.25) is 9.59 Å². The summed E-state index contributed by atoms with van der Waals surface area (Å²) in [6.07, 6.45) is 1.71. The van der Waals surface area contributed by atoms with Crippen molar-refractivity contribution in [1.29, 1.82) is 0 Å². The maximum atomic E-state index is 13.8. The third-order valence-corrected chi connectivity index (χ3v) is 3.52. The lowest BCUT2D eigenvalue weighted by atomic mass is 9.90. The van der Waals surface area contributed by atoms with Crippen LogP contribution in [0, 0.1) is 11.2 Å². The molecule has 0 radical (unpaired) electrons. The molecule has 5 nitrogen and oxygen atoms in total. The van der Waals surface area contributed by atoms with Crippen LogP contribution in [0.2, 0.25) is 0 Å². The monoisotopic (exact) mass is 336 g/mol. The van der Waals surface area contributed by atoms with E-state index in [9.17, 15) is 14.0 Å². The standard InChI is InChI=1S/C18H25FN2O3/c1-5-13-6-7-15(19)14(8-13)17(24)21-12(2)10-20-16(23)9-18(3,4)11-22/h5-8,12,22H,1,9-11H2,2-4H3,(H,20,23)(H,21,24). The second-order valence-electron chi connectivity index (χ2n) is 6.62. The van der Waals surface area contributed by atoms with E-state index in [0.717, 1.165) is 0 Å². The molecule has 0 fully saturated rings. The van der Waals surface area contributed by atoms with Gasteiger partial charge in [-0.15, -0.1) is 0 Å². The van der Waals surface area contributed by atoms with Crippen LogP contribution in [-0.4, -0.2) is 36.1 Å². The van der Waals surface area contributed by atoms with E-state index in [1.807, 2.05) is 0 Å². The number of nitrogens with one attached hydrogen (secondary N) is 2. The smallest absolute Gasteiger partial charge is 0.254 e. The number of aliphatic hydroxyl groups is 1. The van der Waals surface area contributed by atoms with Gasteiger partial charge in [-0.25, -0.2) is 4.39 Å². The number of halogens is 1. The summed E-state index contributed by atoms with van der Waals surface area (Å²) in [7, 11) is 0. The van der Waals surface area contributed by atoms with Crippen molar-refractivity contribution >= 4 is 17.9 Å². The fraction of sp³-hybridized carbons (Fsp3) is 0.444. The number of carbonyl (C=O) groups excluding carboxylic acids is 2. The number of amides is 2. The zero-order valence-electron chi connectivity index (χ0n) is 14.4. The van der Waals surface area contributed by atoms with Crippen LogP contribution in [-0.2, 0) is 4.79 Å². The van der Waals surface area contributed by atoms with Crippen LogP contribution in [0.4, 0.5) is 4.39 Å². The van der Waals surface area contributed by atoms with E-state index in [2.05, 4.69) is 17.2 Å². The molecule has 1 rings (SSSR count). The first-order valence-corrected chi connectivity index (χ1v) is 7.79. The fourth-order valence-electron chi connectivity index (χ4n) is 2.02. The molecular formula is C18H25FN2O3. The second kappa shape index (κ2) is 8.59. The van der Waals surface area contributed by atoms with E-state index in [4.69, 9.17) is 5.11 Å². The number of hydrogen-bond donors (Lipinski definition) is 3. The molecule has 6 heteroatoms. The van der Waals surface area contributed by atoms with Crippen LogP contribution in [0.3, 0.4) is 0 Å². The van der Waals surface area contributed by atoms with Crippen molar-refractivity contribution in [3.63, 3.8) is 0 Å². The van der Waals surface area contributed by atoms with Crippen molar-refractivity contribution in [2.45, 2.75) is 33.2 Å². The molecule has 0 spiro atoms. The lowest BCUT2D eigenvalue weighted by Gasteiger charge is -2.21. The number of aliphatic hydroxyl groups excluding tert-OH is 1. The van der Waals surface area contributed by atoms with Gasteiger partial charge in [-0.2, -0.15) is 0 Å². The van der Waals surface area contributed by atoms with Crippen LogP contribution in [0.5, 0.6) is 0 Å². The number of benzene rings is 1. The Morgan fingerprint density at radius 2 is 2.08 bits per heavy atom. The lowest BCUT2D eigenvalue weighted by molar-refractivity contribution is -0.123. The minimum atomic E-state index is -0.612. The SMILES string of the molecule is C=Cc1ccc(F)c(C(=O)NC(C)CNC(=O)CC(C)(C)CO)c1. The van der Waals surface area contributed by atoms with Gasteiger partial charge in [0.05, 0.1) is 5.56 Å². The first-order chi connectivity index (χ1) is 11.2. The van der Waals surface area contributed by atoms with Crippen molar-refractivity contribution in [2.24, 2.45) is 5.41 Å². The van der Waals surface area contributed by atoms with Crippen molar-refractivity contribution < 1.29 is 19.1 Å². The molecule has 1 aromatic carbocycles. The summed E-state index contributed by atoms with van der Waals surface area (Å²) < 4.78 is 13.8. The largest absolute Gasteiger partial charge is 0.396 e. The average Bonchev–Trinajstić information content (AvgIpc) is 2.53. The Kier molecular flexibility index (Phi) is 7.10. The Labute approximate surface area is 142 Å². The Morgan fingerprint density at radius 1 is 1.42 bits per heavy atom. The van der Waals surface area contributed by atoms with Gasteiger partial charge >= 0.3 is 0 Å². The Balaban J connectivity index is 2.56. The molecule has 0 aliphatic carbocycles. The predicted octanol–water partition coefficient (Wildman–Crippen LogP) is 2.11. The van der Waals surface area contributed by atoms with Gasteiger partial charge in [0.1, 0.15) is 5.82 Å². The lowest BCUT2D eigenvalue weighted by Crippen LogP contribution is -2.43. The third-order valence-electron chi connectivity index (χ3n) is 3.52. The van der Waals surface area contributed by atoms with Gasteiger partial charge in [0.25, 0.3) is 5.91 Å². The highest BCUT2D eigenvalue weighted by molar-refractivity contribution is 5.95. The van der Waals surface area contributed by atoms with E-state index < -0.39 is 17.1 Å². The van der Waals surface area contributed by atoms with E-state index in [0.29, 0.717) is 5.56 Å². The molecule has 1 unspecified atom stereocenters. The summed E-state index contributed by atoms with van der Waals surface area (Å²) in [4.78, 5) is 23.9. The zero-order chi connectivity index (χ0) is 18.3. The summed E-state index contributed by atoms with van der Waals surface area (Å²) in [6.45, 7) is 9.00. The zero-order valence-corrected chi connectivity index (χ0v) is 14.4. The van der Waals surface area contributed by atoms with Gasteiger partial charge in [0.15, 0.2) is 0 Å². The second-order valence-corrected chi connectivity index (χ2v) is 6.62. The number of rotatable bonds is 8. The maximum Gasteiger partial charge on any atom is 0.254 e. The van der Waals surface area contributed by atoms with E-state index in [-0.39, 0.29) is 37.1 Å². The number of carbonyl (C=O) groups is 2. The summed E-state index contributed by atoms with van der Waals surface area (Å²) in [5.74, 6) is -1.37. The van der Waals surface area contributed by atoms with Crippen LogP contribution in [0.1, 0.15) is 43.1 Å². The summed E-state index contributed by atoms with van der Waals surface area (Å²) >= 11 is 0. The highest BCUT2D eigenvalue weighted by atomic mass is 19.1. The molecular weight excluding hydrogens is 311 g/mol. The molecule has 132 valence electrons.